The van der Waals surface area contributed by atoms with E-state index >= 15 is 0 Å². The van der Waals surface area contributed by atoms with Gasteiger partial charge in [-0.2, -0.15) is 0 Å². The molecule has 1 saturated heterocycles. The number of unbranched alkanes of at least 4 members (excludes halogenated alkanes) is 2. The molecule has 0 aromatic heterocycles. The fourth-order valence-electron chi connectivity index (χ4n) is 3.58. The quantitative estimate of drug-likeness (QED) is 0.649. The zero-order valence-electron chi connectivity index (χ0n) is 16.2. The van der Waals surface area contributed by atoms with Crippen LogP contribution in [0.2, 0.25) is 0 Å². The molecule has 156 valence electrons. The normalized spacial score (nSPS) is 19.8. The van der Waals surface area contributed by atoms with Crippen LogP contribution in [0.4, 0.5) is 0 Å². The summed E-state index contributed by atoms with van der Waals surface area (Å²) in [5.41, 5.74) is 0.637. The van der Waals surface area contributed by atoms with Gasteiger partial charge in [0.05, 0.1) is 4.90 Å². The molecule has 1 amide bonds. The third-order valence-electron chi connectivity index (χ3n) is 5.24. The first-order valence-corrected chi connectivity index (χ1v) is 11.1. The van der Waals surface area contributed by atoms with Crippen molar-refractivity contribution in [3.8, 4) is 0 Å². The first kappa shape index (κ1) is 22.6. The van der Waals surface area contributed by atoms with E-state index in [1.165, 1.54) is 0 Å². The number of halogens is 1. The number of piperidine rings is 1. The highest BCUT2D eigenvalue weighted by Crippen LogP contribution is 2.22. The van der Waals surface area contributed by atoms with Crippen molar-refractivity contribution in [3.63, 3.8) is 0 Å². The Hall–Kier alpha value is -1.64. The van der Waals surface area contributed by atoms with Crippen molar-refractivity contribution < 1.29 is 13.2 Å². The summed E-state index contributed by atoms with van der Waals surface area (Å²) in [5.74, 6) is 0.669. The number of amidine groups is 1. The van der Waals surface area contributed by atoms with Gasteiger partial charge in [0.25, 0.3) is 10.0 Å². The van der Waals surface area contributed by atoms with E-state index in [0.717, 1.165) is 45.2 Å². The third kappa shape index (κ3) is 5.46. The lowest BCUT2D eigenvalue weighted by atomic mass is 10.0. The zero-order chi connectivity index (χ0) is 19.3. The van der Waals surface area contributed by atoms with Crippen molar-refractivity contribution >= 4 is 34.2 Å². The molecule has 2 aliphatic heterocycles. The minimum absolute atomic E-state index is 0. The second kappa shape index (κ2) is 10.2. The number of hydrogen-bond acceptors (Lipinski definition) is 5. The van der Waals surface area contributed by atoms with E-state index in [0.29, 0.717) is 30.4 Å². The Labute approximate surface area is 173 Å². The van der Waals surface area contributed by atoms with E-state index in [1.807, 2.05) is 18.0 Å². The molecule has 1 aromatic rings. The number of carbonyl (C=O) groups is 1. The number of nitrogens with one attached hydrogen (secondary N) is 2. The number of fused-ring (bicyclic) bond motifs is 1. The highest BCUT2D eigenvalue weighted by atomic mass is 35.5. The molecule has 1 fully saturated rings. The van der Waals surface area contributed by atoms with Gasteiger partial charge in [0.1, 0.15) is 5.84 Å². The molecule has 7 nitrogen and oxygen atoms in total. The topological polar surface area (TPSA) is 90.9 Å². The second-order valence-corrected chi connectivity index (χ2v) is 8.74. The predicted octanol–water partition coefficient (Wildman–Crippen LogP) is 1.92. The molecular weight excluding hydrogens is 400 g/mol. The number of sulfonamides is 1. The highest BCUT2D eigenvalue weighted by molar-refractivity contribution is 7.90. The number of rotatable bonds is 7. The van der Waals surface area contributed by atoms with Crippen molar-refractivity contribution in [2.24, 2.45) is 4.99 Å². The molecule has 9 heteroatoms. The first-order chi connectivity index (χ1) is 13.0. The standard InChI is InChI=1S/C19H28N4O3S.ClH/c1-20-15-10-13-23(14-11-15)18(24)9-3-2-6-12-21-19-16-7-4-5-8-17(16)27(25,26)22-19;/h4-5,7-8,15,20H,2-3,6,9-14H2,1H3,(H,21,22);1H. The lowest BCUT2D eigenvalue weighted by Crippen LogP contribution is -2.43. The molecule has 28 heavy (non-hydrogen) atoms. The molecule has 1 aromatic carbocycles. The van der Waals surface area contributed by atoms with Crippen LogP contribution in [0.25, 0.3) is 0 Å². The molecule has 0 saturated carbocycles. The number of likely N-dealkylation sites (tertiary alicyclic amines) is 1. The van der Waals surface area contributed by atoms with E-state index < -0.39 is 10.0 Å². The van der Waals surface area contributed by atoms with E-state index in [1.54, 1.807) is 18.2 Å². The van der Waals surface area contributed by atoms with Gasteiger partial charge in [0.2, 0.25) is 5.91 Å². The Bertz CT molecular complexity index is 805. The van der Waals surface area contributed by atoms with Gasteiger partial charge < -0.3 is 10.2 Å². The summed E-state index contributed by atoms with van der Waals surface area (Å²) in [6.07, 6.45) is 5.22. The van der Waals surface area contributed by atoms with Crippen LogP contribution in [-0.2, 0) is 14.8 Å². The van der Waals surface area contributed by atoms with Gasteiger partial charge in [-0.3, -0.25) is 14.5 Å². The van der Waals surface area contributed by atoms with Gasteiger partial charge in [-0.25, -0.2) is 8.42 Å². The maximum absolute atomic E-state index is 12.2. The Morgan fingerprint density at radius 1 is 1.21 bits per heavy atom. The van der Waals surface area contributed by atoms with Gasteiger partial charge in [-0.05, 0) is 44.9 Å². The lowest BCUT2D eigenvalue weighted by Gasteiger charge is -2.31. The summed E-state index contributed by atoms with van der Waals surface area (Å²) in [6, 6.07) is 7.40. The first-order valence-electron chi connectivity index (χ1n) is 9.63. The summed E-state index contributed by atoms with van der Waals surface area (Å²) in [6.45, 7) is 2.24. The molecule has 2 N–H and O–H groups in total. The summed E-state index contributed by atoms with van der Waals surface area (Å²) < 4.78 is 26.6. The molecule has 3 rings (SSSR count). The minimum atomic E-state index is -3.47. The molecule has 2 aliphatic rings. The van der Waals surface area contributed by atoms with E-state index in [-0.39, 0.29) is 23.2 Å². The number of carbonyl (C=O) groups excluding carboxylic acids is 1. The van der Waals surface area contributed by atoms with Crippen LogP contribution in [-0.4, -0.2) is 57.8 Å². The SMILES string of the molecule is CNC1CCN(C(=O)CCCCCN=C2NS(=O)(=O)c3ccccc32)CC1.Cl. The molecule has 0 bridgehead atoms. The molecule has 0 spiro atoms. The molecular formula is C19H29ClN4O3S. The fourth-order valence-corrected chi connectivity index (χ4v) is 4.83. The summed E-state index contributed by atoms with van der Waals surface area (Å²) >= 11 is 0. The van der Waals surface area contributed by atoms with Crippen LogP contribution in [0.5, 0.6) is 0 Å². The number of benzene rings is 1. The highest BCUT2D eigenvalue weighted by Gasteiger charge is 2.29. The molecule has 0 radical (unpaired) electrons. The van der Waals surface area contributed by atoms with E-state index in [4.69, 9.17) is 0 Å². The number of amides is 1. The van der Waals surface area contributed by atoms with E-state index in [2.05, 4.69) is 15.0 Å². The monoisotopic (exact) mass is 428 g/mol. The number of nitrogens with zero attached hydrogens (tertiary/aromatic N) is 2. The smallest absolute Gasteiger partial charge is 0.263 e. The zero-order valence-corrected chi connectivity index (χ0v) is 17.8. The molecule has 0 atom stereocenters. The maximum Gasteiger partial charge on any atom is 0.263 e. The van der Waals surface area contributed by atoms with Crippen LogP contribution >= 0.6 is 12.4 Å². The van der Waals surface area contributed by atoms with Crippen molar-refractivity contribution in [3.05, 3.63) is 29.8 Å². The lowest BCUT2D eigenvalue weighted by molar-refractivity contribution is -0.132. The van der Waals surface area contributed by atoms with Crippen LogP contribution < -0.4 is 10.0 Å². The largest absolute Gasteiger partial charge is 0.343 e. The predicted molar refractivity (Wildman–Crippen MR) is 113 cm³/mol. The van der Waals surface area contributed by atoms with Crippen molar-refractivity contribution in [1.82, 2.24) is 14.9 Å². The number of hydrogen-bond donors (Lipinski definition) is 2. The summed E-state index contributed by atoms with van der Waals surface area (Å²) in [7, 11) is -1.49. The van der Waals surface area contributed by atoms with Crippen LogP contribution in [0.15, 0.2) is 34.2 Å². The molecule has 2 heterocycles. The maximum atomic E-state index is 12.2. The van der Waals surface area contributed by atoms with E-state index in [9.17, 15) is 13.2 Å². The molecule has 0 aliphatic carbocycles. The van der Waals surface area contributed by atoms with Crippen molar-refractivity contribution in [2.75, 3.05) is 26.7 Å². The summed E-state index contributed by atoms with van der Waals surface area (Å²) in [5, 5.41) is 3.27. The Balaban J connectivity index is 0.00000280. The third-order valence-corrected chi connectivity index (χ3v) is 6.63. The second-order valence-electron chi connectivity index (χ2n) is 7.09. The van der Waals surface area contributed by atoms with Crippen LogP contribution in [0.1, 0.15) is 44.1 Å². The van der Waals surface area contributed by atoms with Gasteiger partial charge in [0, 0.05) is 37.7 Å². The van der Waals surface area contributed by atoms with Crippen molar-refractivity contribution in [1.29, 1.82) is 0 Å². The number of aliphatic imine (C=N–C) groups is 1. The minimum Gasteiger partial charge on any atom is -0.343 e. The van der Waals surface area contributed by atoms with Crippen LogP contribution in [0, 0.1) is 0 Å². The van der Waals surface area contributed by atoms with Crippen LogP contribution in [0.3, 0.4) is 0 Å². The Kier molecular flexibility index (Phi) is 8.27. The van der Waals surface area contributed by atoms with Gasteiger partial charge in [-0.1, -0.05) is 18.6 Å². The average molecular weight is 429 g/mol. The fraction of sp³-hybridized carbons (Fsp3) is 0.579. The van der Waals surface area contributed by atoms with Crippen molar-refractivity contribution in [2.45, 2.75) is 49.5 Å². The van der Waals surface area contributed by atoms with Gasteiger partial charge >= 0.3 is 0 Å². The van der Waals surface area contributed by atoms with Gasteiger partial charge in [-0.15, -0.1) is 12.4 Å². The van der Waals surface area contributed by atoms with Gasteiger partial charge in [0.15, 0.2) is 0 Å². The molecule has 0 unspecified atom stereocenters. The summed E-state index contributed by atoms with van der Waals surface area (Å²) in [4.78, 5) is 18.9. The average Bonchev–Trinajstić information content (AvgIpc) is 2.95. The Morgan fingerprint density at radius 2 is 1.93 bits per heavy atom. The Morgan fingerprint density at radius 3 is 2.64 bits per heavy atom.